The first-order chi connectivity index (χ1) is 10.5. The summed E-state index contributed by atoms with van der Waals surface area (Å²) in [5, 5.41) is 13.5. The minimum absolute atomic E-state index is 0.0304. The SMILES string of the molecule is CCCNC(=O)C1CCN(C(=O)c2ccc([N+](=O)[O-])s2)CC1. The van der Waals surface area contributed by atoms with E-state index in [-0.39, 0.29) is 22.7 Å². The smallest absolute Gasteiger partial charge is 0.324 e. The van der Waals surface area contributed by atoms with Gasteiger partial charge in [0, 0.05) is 31.6 Å². The Kier molecular flexibility index (Phi) is 5.48. The number of carbonyl (C=O) groups is 2. The van der Waals surface area contributed by atoms with Crippen LogP contribution in [-0.2, 0) is 4.79 Å². The van der Waals surface area contributed by atoms with Gasteiger partial charge >= 0.3 is 5.00 Å². The fourth-order valence-corrected chi connectivity index (χ4v) is 3.22. The summed E-state index contributed by atoms with van der Waals surface area (Å²) in [7, 11) is 0. The van der Waals surface area contributed by atoms with E-state index in [1.807, 2.05) is 6.92 Å². The van der Waals surface area contributed by atoms with Crippen molar-refractivity contribution in [3.63, 3.8) is 0 Å². The first-order valence-corrected chi connectivity index (χ1v) is 8.15. The lowest BCUT2D eigenvalue weighted by molar-refractivity contribution is -0.380. The second-order valence-electron chi connectivity index (χ2n) is 5.25. The average Bonchev–Trinajstić information content (AvgIpc) is 3.02. The van der Waals surface area contributed by atoms with Gasteiger partial charge in [0.15, 0.2) is 0 Å². The number of nitro groups is 1. The molecule has 0 radical (unpaired) electrons. The Hall–Kier alpha value is -1.96. The van der Waals surface area contributed by atoms with E-state index >= 15 is 0 Å². The standard InChI is InChI=1S/C14H19N3O4S/c1-2-7-15-13(18)10-5-8-16(9-6-10)14(19)11-3-4-12(22-11)17(20)21/h3-4,10H,2,5-9H2,1H3,(H,15,18). The van der Waals surface area contributed by atoms with E-state index in [9.17, 15) is 19.7 Å². The quantitative estimate of drug-likeness (QED) is 0.662. The molecule has 1 aromatic rings. The maximum Gasteiger partial charge on any atom is 0.324 e. The Morgan fingerprint density at radius 1 is 1.41 bits per heavy atom. The van der Waals surface area contributed by atoms with Gasteiger partial charge in [0.05, 0.1) is 9.80 Å². The second-order valence-corrected chi connectivity index (χ2v) is 6.31. The summed E-state index contributed by atoms with van der Waals surface area (Å²) in [6.07, 6.45) is 2.17. The molecule has 0 saturated carbocycles. The van der Waals surface area contributed by atoms with Crippen molar-refractivity contribution in [1.82, 2.24) is 10.2 Å². The van der Waals surface area contributed by atoms with Crippen molar-refractivity contribution in [1.29, 1.82) is 0 Å². The summed E-state index contributed by atoms with van der Waals surface area (Å²) >= 11 is 0.891. The van der Waals surface area contributed by atoms with Gasteiger partial charge in [-0.15, -0.1) is 0 Å². The lowest BCUT2D eigenvalue weighted by atomic mass is 9.96. The number of hydrogen-bond acceptors (Lipinski definition) is 5. The van der Waals surface area contributed by atoms with Gasteiger partial charge < -0.3 is 10.2 Å². The zero-order chi connectivity index (χ0) is 16.1. The summed E-state index contributed by atoms with van der Waals surface area (Å²) in [6.45, 7) is 3.70. The zero-order valence-corrected chi connectivity index (χ0v) is 13.2. The molecule has 22 heavy (non-hydrogen) atoms. The van der Waals surface area contributed by atoms with Crippen molar-refractivity contribution < 1.29 is 14.5 Å². The van der Waals surface area contributed by atoms with Gasteiger partial charge in [-0.05, 0) is 25.3 Å². The molecule has 0 atom stereocenters. The van der Waals surface area contributed by atoms with Crippen molar-refractivity contribution >= 4 is 28.2 Å². The van der Waals surface area contributed by atoms with Crippen molar-refractivity contribution in [3.05, 3.63) is 27.1 Å². The molecule has 1 saturated heterocycles. The largest absolute Gasteiger partial charge is 0.356 e. The molecule has 0 spiro atoms. The summed E-state index contributed by atoms with van der Waals surface area (Å²) in [5.41, 5.74) is 0. The van der Waals surface area contributed by atoms with E-state index in [4.69, 9.17) is 0 Å². The van der Waals surface area contributed by atoms with E-state index in [1.54, 1.807) is 4.90 Å². The van der Waals surface area contributed by atoms with Crippen LogP contribution in [0.1, 0.15) is 35.9 Å². The third-order valence-corrected chi connectivity index (χ3v) is 4.71. The molecule has 2 amide bonds. The monoisotopic (exact) mass is 325 g/mol. The number of hydrogen-bond donors (Lipinski definition) is 1. The molecule has 0 aliphatic carbocycles. The van der Waals surface area contributed by atoms with Crippen LogP contribution in [0, 0.1) is 16.0 Å². The fraction of sp³-hybridized carbons (Fsp3) is 0.571. The number of carbonyl (C=O) groups excluding carboxylic acids is 2. The Labute approximate surface area is 132 Å². The van der Waals surface area contributed by atoms with E-state index < -0.39 is 4.92 Å². The minimum atomic E-state index is -0.494. The van der Waals surface area contributed by atoms with E-state index in [1.165, 1.54) is 12.1 Å². The second kappa shape index (κ2) is 7.35. The molecule has 8 heteroatoms. The normalized spacial score (nSPS) is 15.6. The fourth-order valence-electron chi connectivity index (χ4n) is 2.43. The topological polar surface area (TPSA) is 92.6 Å². The van der Waals surface area contributed by atoms with Gasteiger partial charge in [0.2, 0.25) is 5.91 Å². The number of nitrogens with one attached hydrogen (secondary N) is 1. The highest BCUT2D eigenvalue weighted by molar-refractivity contribution is 7.17. The molecule has 1 fully saturated rings. The Morgan fingerprint density at radius 2 is 2.09 bits per heavy atom. The number of likely N-dealkylation sites (tertiary alicyclic amines) is 1. The van der Waals surface area contributed by atoms with Crippen molar-refractivity contribution in [2.24, 2.45) is 5.92 Å². The number of rotatable bonds is 5. The molecule has 2 rings (SSSR count). The van der Waals surface area contributed by atoms with Gasteiger partial charge in [-0.1, -0.05) is 18.3 Å². The summed E-state index contributed by atoms with van der Waals surface area (Å²) in [4.78, 5) is 36.4. The van der Waals surface area contributed by atoms with Crippen LogP contribution in [0.2, 0.25) is 0 Å². The molecule has 1 aliphatic heterocycles. The maximum atomic E-state index is 12.3. The lowest BCUT2D eigenvalue weighted by Crippen LogP contribution is -2.43. The number of nitrogens with zero attached hydrogens (tertiary/aromatic N) is 2. The first kappa shape index (κ1) is 16.4. The lowest BCUT2D eigenvalue weighted by Gasteiger charge is -2.31. The first-order valence-electron chi connectivity index (χ1n) is 7.34. The van der Waals surface area contributed by atoms with Crippen molar-refractivity contribution in [2.45, 2.75) is 26.2 Å². The Morgan fingerprint density at radius 3 is 2.64 bits per heavy atom. The molecule has 1 N–H and O–H groups in total. The highest BCUT2D eigenvalue weighted by Gasteiger charge is 2.28. The number of thiophene rings is 1. The van der Waals surface area contributed by atoms with Crippen LogP contribution in [0.15, 0.2) is 12.1 Å². The predicted octanol–water partition coefficient (Wildman–Crippen LogP) is 2.03. The van der Waals surface area contributed by atoms with Gasteiger partial charge in [-0.25, -0.2) is 0 Å². The molecule has 7 nitrogen and oxygen atoms in total. The summed E-state index contributed by atoms with van der Waals surface area (Å²) in [6, 6.07) is 2.84. The number of piperidine rings is 1. The third-order valence-electron chi connectivity index (χ3n) is 3.68. The molecule has 2 heterocycles. The van der Waals surface area contributed by atoms with Gasteiger partial charge in [0.25, 0.3) is 5.91 Å². The van der Waals surface area contributed by atoms with Crippen molar-refractivity contribution in [3.8, 4) is 0 Å². The van der Waals surface area contributed by atoms with Crippen LogP contribution >= 0.6 is 11.3 Å². The van der Waals surface area contributed by atoms with E-state index in [2.05, 4.69) is 5.32 Å². The summed E-state index contributed by atoms with van der Waals surface area (Å²) < 4.78 is 0. The predicted molar refractivity (Wildman–Crippen MR) is 82.9 cm³/mol. The highest BCUT2D eigenvalue weighted by Crippen LogP contribution is 2.27. The minimum Gasteiger partial charge on any atom is -0.356 e. The Bertz CT molecular complexity index is 564. The van der Waals surface area contributed by atoms with Gasteiger partial charge in [-0.3, -0.25) is 19.7 Å². The Balaban J connectivity index is 1.89. The van der Waals surface area contributed by atoms with Gasteiger partial charge in [0.1, 0.15) is 0 Å². The summed E-state index contributed by atoms with van der Waals surface area (Å²) in [5.74, 6) is -0.181. The third kappa shape index (κ3) is 3.82. The van der Waals surface area contributed by atoms with Crippen molar-refractivity contribution in [2.75, 3.05) is 19.6 Å². The maximum absolute atomic E-state index is 12.3. The van der Waals surface area contributed by atoms with Crippen LogP contribution in [0.3, 0.4) is 0 Å². The van der Waals surface area contributed by atoms with Crippen LogP contribution in [0.4, 0.5) is 5.00 Å². The van der Waals surface area contributed by atoms with Gasteiger partial charge in [-0.2, -0.15) is 0 Å². The van der Waals surface area contributed by atoms with E-state index in [0.29, 0.717) is 37.4 Å². The highest BCUT2D eigenvalue weighted by atomic mass is 32.1. The molecule has 0 unspecified atom stereocenters. The molecule has 120 valence electrons. The number of amides is 2. The van der Waals surface area contributed by atoms with Crippen LogP contribution < -0.4 is 5.32 Å². The molecule has 0 bridgehead atoms. The average molecular weight is 325 g/mol. The molecule has 0 aromatic carbocycles. The van der Waals surface area contributed by atoms with E-state index in [0.717, 1.165) is 17.8 Å². The molecule has 1 aromatic heterocycles. The zero-order valence-electron chi connectivity index (χ0n) is 12.4. The molecular formula is C14H19N3O4S. The van der Waals surface area contributed by atoms with Crippen LogP contribution in [0.25, 0.3) is 0 Å². The van der Waals surface area contributed by atoms with Crippen LogP contribution in [0.5, 0.6) is 0 Å². The van der Waals surface area contributed by atoms with Crippen LogP contribution in [-0.4, -0.2) is 41.3 Å². The molecular weight excluding hydrogens is 306 g/mol. The molecule has 1 aliphatic rings.